The Bertz CT molecular complexity index is 1110. The van der Waals surface area contributed by atoms with Gasteiger partial charge in [0.15, 0.2) is 0 Å². The minimum absolute atomic E-state index is 0.106. The van der Waals surface area contributed by atoms with Crippen LogP contribution in [0.3, 0.4) is 0 Å². The first-order chi connectivity index (χ1) is 15.4. The van der Waals surface area contributed by atoms with E-state index in [9.17, 15) is 5.11 Å². The molecule has 0 amide bonds. The van der Waals surface area contributed by atoms with Gasteiger partial charge >= 0.3 is 0 Å². The molecule has 166 valence electrons. The van der Waals surface area contributed by atoms with E-state index >= 15 is 0 Å². The topological polar surface area (TPSA) is 59.3 Å². The lowest BCUT2D eigenvalue weighted by Crippen LogP contribution is -2.50. The molecule has 1 heterocycles. The fraction of sp³-hybridized carbons (Fsp3) is 0.370. The number of hydrogen-bond donors (Lipinski definition) is 2. The number of nitrogens with one attached hydrogen (secondary N) is 1. The fourth-order valence-corrected chi connectivity index (χ4v) is 5.72. The SMILES string of the molecule is CC(C)(Cc1ccc2ccccc2c1)NC[C@H](O)[C@H]1CSCN1Cc1cccc(C#N)c1. The number of thioether (sulfide) groups is 1. The van der Waals surface area contributed by atoms with Crippen LogP contribution in [0, 0.1) is 11.3 Å². The van der Waals surface area contributed by atoms with Gasteiger partial charge in [-0.25, -0.2) is 0 Å². The number of rotatable bonds is 8. The maximum Gasteiger partial charge on any atom is 0.0991 e. The Morgan fingerprint density at radius 1 is 1.09 bits per heavy atom. The van der Waals surface area contributed by atoms with Crippen molar-refractivity contribution in [2.75, 3.05) is 18.2 Å². The summed E-state index contributed by atoms with van der Waals surface area (Å²) in [5.41, 5.74) is 2.98. The van der Waals surface area contributed by atoms with Gasteiger partial charge in [0.1, 0.15) is 0 Å². The summed E-state index contributed by atoms with van der Waals surface area (Å²) in [6.45, 7) is 5.71. The van der Waals surface area contributed by atoms with E-state index in [1.807, 2.05) is 30.0 Å². The Morgan fingerprint density at radius 2 is 1.91 bits per heavy atom. The maximum atomic E-state index is 11.0. The Balaban J connectivity index is 1.34. The molecule has 2 N–H and O–H groups in total. The molecule has 1 aliphatic rings. The van der Waals surface area contributed by atoms with E-state index in [1.54, 1.807) is 0 Å². The number of fused-ring (bicyclic) bond motifs is 1. The summed E-state index contributed by atoms with van der Waals surface area (Å²) in [5, 5.41) is 26.3. The summed E-state index contributed by atoms with van der Waals surface area (Å²) in [6, 6.07) is 25.2. The van der Waals surface area contributed by atoms with Gasteiger partial charge < -0.3 is 10.4 Å². The molecule has 3 aromatic carbocycles. The van der Waals surface area contributed by atoms with E-state index in [2.05, 4.69) is 78.7 Å². The van der Waals surface area contributed by atoms with Crippen molar-refractivity contribution in [3.63, 3.8) is 0 Å². The number of hydrogen-bond acceptors (Lipinski definition) is 5. The monoisotopic (exact) mass is 445 g/mol. The number of aliphatic hydroxyl groups is 1. The first-order valence-corrected chi connectivity index (χ1v) is 12.3. The summed E-state index contributed by atoms with van der Waals surface area (Å²) in [5.74, 6) is 1.82. The molecule has 4 rings (SSSR count). The summed E-state index contributed by atoms with van der Waals surface area (Å²) >= 11 is 1.86. The normalized spacial score (nSPS) is 18.0. The maximum absolute atomic E-state index is 11.0. The second kappa shape index (κ2) is 10.1. The fourth-order valence-electron chi connectivity index (χ4n) is 4.42. The predicted octanol–water partition coefficient (Wildman–Crippen LogP) is 4.56. The molecule has 4 nitrogen and oxygen atoms in total. The molecular formula is C27H31N3OS. The van der Waals surface area contributed by atoms with Gasteiger partial charge in [-0.1, -0.05) is 54.6 Å². The number of nitriles is 1. The van der Waals surface area contributed by atoms with Crippen LogP contribution in [0.5, 0.6) is 0 Å². The molecule has 1 fully saturated rings. The molecule has 1 aliphatic heterocycles. The number of benzene rings is 3. The summed E-state index contributed by atoms with van der Waals surface area (Å²) in [4.78, 5) is 2.32. The average Bonchev–Trinajstić information content (AvgIpc) is 3.25. The molecule has 0 bridgehead atoms. The third-order valence-corrected chi connectivity index (χ3v) is 7.24. The third kappa shape index (κ3) is 5.70. The number of β-amino-alcohol motifs (C(OH)–C–C–N with tert-alkyl or cyclic N) is 1. The van der Waals surface area contributed by atoms with Gasteiger partial charge in [-0.3, -0.25) is 4.90 Å². The highest BCUT2D eigenvalue weighted by molar-refractivity contribution is 7.99. The molecule has 0 spiro atoms. The lowest BCUT2D eigenvalue weighted by Gasteiger charge is -2.32. The minimum Gasteiger partial charge on any atom is -0.390 e. The van der Waals surface area contributed by atoms with Crippen LogP contribution >= 0.6 is 11.8 Å². The van der Waals surface area contributed by atoms with E-state index in [1.165, 1.54) is 16.3 Å². The summed E-state index contributed by atoms with van der Waals surface area (Å²) < 4.78 is 0. The summed E-state index contributed by atoms with van der Waals surface area (Å²) in [7, 11) is 0. The lowest BCUT2D eigenvalue weighted by molar-refractivity contribution is 0.0684. The van der Waals surface area contributed by atoms with E-state index in [0.29, 0.717) is 12.1 Å². The highest BCUT2D eigenvalue weighted by atomic mass is 32.2. The second-order valence-corrected chi connectivity index (χ2v) is 10.3. The van der Waals surface area contributed by atoms with Gasteiger partial charge in [0.05, 0.1) is 17.7 Å². The van der Waals surface area contributed by atoms with Crippen molar-refractivity contribution >= 4 is 22.5 Å². The van der Waals surface area contributed by atoms with Gasteiger partial charge in [0.25, 0.3) is 0 Å². The molecule has 5 heteroatoms. The molecule has 0 unspecified atom stereocenters. The van der Waals surface area contributed by atoms with Crippen molar-refractivity contribution in [1.82, 2.24) is 10.2 Å². The van der Waals surface area contributed by atoms with Crippen LogP contribution in [0.25, 0.3) is 10.8 Å². The number of nitrogens with zero attached hydrogens (tertiary/aromatic N) is 2. The van der Waals surface area contributed by atoms with Crippen LogP contribution in [-0.2, 0) is 13.0 Å². The third-order valence-electron chi connectivity index (χ3n) is 6.15. The van der Waals surface area contributed by atoms with Crippen LogP contribution < -0.4 is 5.32 Å². The quantitative estimate of drug-likeness (QED) is 0.532. The Kier molecular flexibility index (Phi) is 7.17. The first kappa shape index (κ1) is 22.8. The van der Waals surface area contributed by atoms with Crippen molar-refractivity contribution < 1.29 is 5.11 Å². The van der Waals surface area contributed by atoms with Gasteiger partial charge in [0.2, 0.25) is 0 Å². The standard InChI is InChI=1S/C27H31N3OS/c1-27(2,14-20-10-11-23-8-3-4-9-24(23)13-20)29-16-26(31)25-18-32-19-30(25)17-22-7-5-6-21(12-22)15-28/h3-13,25-26,29,31H,14,16-19H2,1-2H3/t25-,26+/m1/s1. The van der Waals surface area contributed by atoms with Gasteiger partial charge in [-0.15, -0.1) is 11.8 Å². The molecule has 2 atom stereocenters. The second-order valence-electron chi connectivity index (χ2n) is 9.32. The van der Waals surface area contributed by atoms with E-state index in [4.69, 9.17) is 5.26 Å². The van der Waals surface area contributed by atoms with Crippen LogP contribution in [-0.4, -0.2) is 45.9 Å². The highest BCUT2D eigenvalue weighted by Crippen LogP contribution is 2.26. The van der Waals surface area contributed by atoms with Crippen molar-refractivity contribution in [1.29, 1.82) is 5.26 Å². The highest BCUT2D eigenvalue weighted by Gasteiger charge is 2.32. The largest absolute Gasteiger partial charge is 0.390 e. The van der Waals surface area contributed by atoms with Crippen LogP contribution in [0.4, 0.5) is 0 Å². The zero-order chi connectivity index (χ0) is 22.6. The van der Waals surface area contributed by atoms with E-state index in [-0.39, 0.29) is 11.6 Å². The molecule has 0 aromatic heterocycles. The average molecular weight is 446 g/mol. The molecule has 0 radical (unpaired) electrons. The van der Waals surface area contributed by atoms with E-state index < -0.39 is 6.10 Å². The first-order valence-electron chi connectivity index (χ1n) is 11.2. The predicted molar refractivity (Wildman–Crippen MR) is 134 cm³/mol. The summed E-state index contributed by atoms with van der Waals surface area (Å²) in [6.07, 6.45) is 0.453. The van der Waals surface area contributed by atoms with Gasteiger partial charge in [-0.2, -0.15) is 5.26 Å². The van der Waals surface area contributed by atoms with Crippen molar-refractivity contribution in [3.05, 3.63) is 83.4 Å². The minimum atomic E-state index is -0.444. The molecular weight excluding hydrogens is 414 g/mol. The smallest absolute Gasteiger partial charge is 0.0991 e. The van der Waals surface area contributed by atoms with E-state index in [0.717, 1.165) is 30.2 Å². The Labute approximate surface area is 195 Å². The zero-order valence-corrected chi connectivity index (χ0v) is 19.6. The molecule has 1 saturated heterocycles. The number of aliphatic hydroxyl groups excluding tert-OH is 1. The molecule has 32 heavy (non-hydrogen) atoms. The molecule has 0 aliphatic carbocycles. The molecule has 3 aromatic rings. The van der Waals surface area contributed by atoms with Crippen molar-refractivity contribution in [2.24, 2.45) is 0 Å². The zero-order valence-electron chi connectivity index (χ0n) is 18.8. The van der Waals surface area contributed by atoms with Gasteiger partial charge in [-0.05, 0) is 54.3 Å². The Hall–Kier alpha value is -2.36. The van der Waals surface area contributed by atoms with Crippen LogP contribution in [0.15, 0.2) is 66.7 Å². The van der Waals surface area contributed by atoms with Crippen molar-refractivity contribution in [3.8, 4) is 6.07 Å². The molecule has 0 saturated carbocycles. The van der Waals surface area contributed by atoms with Gasteiger partial charge in [0, 0.05) is 36.3 Å². The Morgan fingerprint density at radius 3 is 2.72 bits per heavy atom. The van der Waals surface area contributed by atoms with Crippen LogP contribution in [0.1, 0.15) is 30.5 Å². The van der Waals surface area contributed by atoms with Crippen LogP contribution in [0.2, 0.25) is 0 Å². The lowest BCUT2D eigenvalue weighted by atomic mass is 9.93. The van der Waals surface area contributed by atoms with Crippen molar-refractivity contribution in [2.45, 2.75) is 44.5 Å².